The zero-order valence-corrected chi connectivity index (χ0v) is 21.3. The van der Waals surface area contributed by atoms with E-state index in [-0.39, 0.29) is 5.91 Å². The summed E-state index contributed by atoms with van der Waals surface area (Å²) in [6.07, 6.45) is 6.74. The highest BCUT2D eigenvalue weighted by atomic mass is 16.5. The third kappa shape index (κ3) is 5.74. The number of pyridine rings is 1. The first-order chi connectivity index (χ1) is 16.8. The highest BCUT2D eigenvalue weighted by molar-refractivity contribution is 6.04. The van der Waals surface area contributed by atoms with Crippen LogP contribution in [0.2, 0.25) is 0 Å². The topological polar surface area (TPSA) is 89.7 Å². The van der Waals surface area contributed by atoms with Gasteiger partial charge < -0.3 is 25.4 Å². The Hall–Kier alpha value is -4.00. The van der Waals surface area contributed by atoms with Gasteiger partial charge in [0.1, 0.15) is 5.82 Å². The van der Waals surface area contributed by atoms with Crippen molar-refractivity contribution in [2.24, 2.45) is 0 Å². The first-order valence-corrected chi connectivity index (χ1v) is 11.6. The Morgan fingerprint density at radius 1 is 1.11 bits per heavy atom. The van der Waals surface area contributed by atoms with Crippen molar-refractivity contribution >= 4 is 34.9 Å². The second-order valence-electron chi connectivity index (χ2n) is 8.21. The fraction of sp³-hybridized carbons (Fsp3) is 0.286. The minimum Gasteiger partial charge on any atom is -0.493 e. The number of nitrogens with two attached hydrogens (primary N) is 1. The van der Waals surface area contributed by atoms with Gasteiger partial charge in [0.05, 0.1) is 25.6 Å². The molecule has 1 aromatic heterocycles. The molecule has 7 nitrogen and oxygen atoms in total. The number of nitrogens with zero attached hydrogens (tertiary/aromatic N) is 2. The molecule has 0 atom stereocenters. The number of hydrogen-bond acceptors (Lipinski definition) is 6. The largest absolute Gasteiger partial charge is 0.493 e. The van der Waals surface area contributed by atoms with E-state index in [0.717, 1.165) is 29.7 Å². The number of aryl methyl sites for hydroxylation is 3. The van der Waals surface area contributed by atoms with Crippen LogP contribution in [0.3, 0.4) is 0 Å². The third-order valence-corrected chi connectivity index (χ3v) is 5.98. The lowest BCUT2D eigenvalue weighted by atomic mass is 10.0. The van der Waals surface area contributed by atoms with Crippen molar-refractivity contribution in [2.45, 2.75) is 33.6 Å². The Labute approximate surface area is 207 Å². The second-order valence-corrected chi connectivity index (χ2v) is 8.21. The van der Waals surface area contributed by atoms with E-state index >= 15 is 0 Å². The van der Waals surface area contributed by atoms with Crippen molar-refractivity contribution in [1.82, 2.24) is 4.98 Å². The second kappa shape index (κ2) is 11.4. The zero-order chi connectivity index (χ0) is 25.5. The van der Waals surface area contributed by atoms with Gasteiger partial charge in [-0.15, -0.1) is 0 Å². The summed E-state index contributed by atoms with van der Waals surface area (Å²) >= 11 is 0. The highest BCUT2D eigenvalue weighted by Gasteiger charge is 2.15. The van der Waals surface area contributed by atoms with Crippen molar-refractivity contribution in [1.29, 1.82) is 0 Å². The number of methoxy groups -OCH3 is 2. The zero-order valence-electron chi connectivity index (χ0n) is 21.3. The minimum atomic E-state index is -0.262. The van der Waals surface area contributed by atoms with Gasteiger partial charge in [0.15, 0.2) is 11.5 Å². The first kappa shape index (κ1) is 25.6. The molecule has 184 valence electrons. The summed E-state index contributed by atoms with van der Waals surface area (Å²) in [5.41, 5.74) is 12.4. The molecule has 0 saturated heterocycles. The number of benzene rings is 2. The van der Waals surface area contributed by atoms with E-state index in [9.17, 15) is 4.79 Å². The minimum absolute atomic E-state index is 0.262. The summed E-state index contributed by atoms with van der Waals surface area (Å²) in [6.45, 7) is 6.16. The molecule has 0 radical (unpaired) electrons. The van der Waals surface area contributed by atoms with Crippen LogP contribution < -0.4 is 25.4 Å². The average molecular weight is 475 g/mol. The maximum absolute atomic E-state index is 12.7. The molecule has 0 aliphatic heterocycles. The molecule has 0 bridgehead atoms. The fourth-order valence-electron chi connectivity index (χ4n) is 4.09. The van der Waals surface area contributed by atoms with E-state index in [1.807, 2.05) is 55.3 Å². The van der Waals surface area contributed by atoms with E-state index in [1.165, 1.54) is 17.2 Å². The van der Waals surface area contributed by atoms with Crippen molar-refractivity contribution < 1.29 is 14.3 Å². The number of nitrogens with one attached hydrogen (secondary N) is 1. The molecule has 35 heavy (non-hydrogen) atoms. The van der Waals surface area contributed by atoms with E-state index in [2.05, 4.69) is 24.1 Å². The Morgan fingerprint density at radius 2 is 1.83 bits per heavy atom. The van der Waals surface area contributed by atoms with E-state index in [4.69, 9.17) is 15.2 Å². The Bertz CT molecular complexity index is 1240. The van der Waals surface area contributed by atoms with E-state index in [1.54, 1.807) is 26.5 Å². The van der Waals surface area contributed by atoms with Crippen LogP contribution in [-0.4, -0.2) is 32.2 Å². The number of amides is 1. The number of aromatic nitrogens is 1. The van der Waals surface area contributed by atoms with E-state index in [0.29, 0.717) is 28.7 Å². The maximum atomic E-state index is 12.7. The van der Waals surface area contributed by atoms with Gasteiger partial charge in [-0.1, -0.05) is 13.8 Å². The molecule has 0 fully saturated rings. The molecule has 7 heteroatoms. The van der Waals surface area contributed by atoms with Gasteiger partial charge in [-0.2, -0.15) is 0 Å². The molecule has 0 unspecified atom stereocenters. The third-order valence-electron chi connectivity index (χ3n) is 5.98. The number of hydrogen-bond donors (Lipinski definition) is 2. The highest BCUT2D eigenvalue weighted by Crippen LogP contribution is 2.37. The summed E-state index contributed by atoms with van der Waals surface area (Å²) in [4.78, 5) is 19.2. The molecule has 0 aliphatic carbocycles. The number of rotatable bonds is 9. The van der Waals surface area contributed by atoms with Gasteiger partial charge >= 0.3 is 0 Å². The van der Waals surface area contributed by atoms with Crippen LogP contribution in [0, 0.1) is 6.92 Å². The Kier molecular flexibility index (Phi) is 8.36. The molecule has 1 amide bonds. The smallest absolute Gasteiger partial charge is 0.248 e. The van der Waals surface area contributed by atoms with Crippen LogP contribution in [0.5, 0.6) is 11.5 Å². The number of carbonyl (C=O) groups excluding carboxylic acids is 1. The van der Waals surface area contributed by atoms with Gasteiger partial charge in [-0.3, -0.25) is 4.79 Å². The van der Waals surface area contributed by atoms with E-state index < -0.39 is 0 Å². The summed E-state index contributed by atoms with van der Waals surface area (Å²) in [6, 6.07) is 11.6. The predicted octanol–water partition coefficient (Wildman–Crippen LogP) is 5.53. The number of anilines is 4. The van der Waals surface area contributed by atoms with Crippen molar-refractivity contribution in [3.8, 4) is 11.5 Å². The predicted molar refractivity (Wildman–Crippen MR) is 144 cm³/mol. The normalized spacial score (nSPS) is 10.9. The van der Waals surface area contributed by atoms with Crippen LogP contribution in [0.25, 0.3) is 6.08 Å². The summed E-state index contributed by atoms with van der Waals surface area (Å²) < 4.78 is 11.0. The molecule has 3 aromatic rings. The van der Waals surface area contributed by atoms with Crippen LogP contribution in [0.4, 0.5) is 22.9 Å². The standard InChI is InChI=1S/C28H34N4O3/c1-7-19-15-23(29)24(16-20(19)8-2)31-26(33)12-11-21-10-9-13-30-28(21)32(4)22-14-18(3)27(35-6)25(17-22)34-5/h9-17H,7-8,29H2,1-6H3,(H,31,33)/b12-11+. The molecule has 2 aromatic carbocycles. The molecular weight excluding hydrogens is 440 g/mol. The number of ether oxygens (including phenoxy) is 2. The van der Waals surface area contributed by atoms with Gasteiger partial charge in [0.25, 0.3) is 0 Å². The lowest BCUT2D eigenvalue weighted by Crippen LogP contribution is -2.14. The molecule has 1 heterocycles. The fourth-order valence-corrected chi connectivity index (χ4v) is 4.09. The number of nitrogen functional groups attached to an aromatic ring is 1. The molecule has 0 aliphatic rings. The monoisotopic (exact) mass is 474 g/mol. The summed E-state index contributed by atoms with van der Waals surface area (Å²) in [7, 11) is 5.15. The van der Waals surface area contributed by atoms with Crippen LogP contribution in [-0.2, 0) is 17.6 Å². The summed E-state index contributed by atoms with van der Waals surface area (Å²) in [5.74, 6) is 1.77. The summed E-state index contributed by atoms with van der Waals surface area (Å²) in [5, 5.41) is 2.91. The lowest BCUT2D eigenvalue weighted by Gasteiger charge is -2.22. The molecule has 3 N–H and O–H groups in total. The van der Waals surface area contributed by atoms with Crippen LogP contribution in [0.1, 0.15) is 36.1 Å². The van der Waals surface area contributed by atoms with Gasteiger partial charge in [-0.05, 0) is 72.9 Å². The molecule has 0 spiro atoms. The quantitative estimate of drug-likeness (QED) is 0.313. The van der Waals surface area contributed by atoms with Crippen molar-refractivity contribution in [2.75, 3.05) is 37.2 Å². The number of carbonyl (C=O) groups is 1. The SMILES string of the molecule is CCc1cc(N)c(NC(=O)/C=C/c2cccnc2N(C)c2cc(C)c(OC)c(OC)c2)cc1CC. The van der Waals surface area contributed by atoms with Gasteiger partial charge in [-0.25, -0.2) is 4.98 Å². The lowest BCUT2D eigenvalue weighted by molar-refractivity contribution is -0.111. The van der Waals surface area contributed by atoms with Crippen LogP contribution in [0.15, 0.2) is 48.7 Å². The first-order valence-electron chi connectivity index (χ1n) is 11.6. The van der Waals surface area contributed by atoms with Crippen molar-refractivity contribution in [3.63, 3.8) is 0 Å². The van der Waals surface area contributed by atoms with Gasteiger partial charge in [0, 0.05) is 36.6 Å². The molecular formula is C28H34N4O3. The van der Waals surface area contributed by atoms with Gasteiger partial charge in [0.2, 0.25) is 5.91 Å². The molecule has 3 rings (SSSR count). The Balaban J connectivity index is 1.85. The molecule has 0 saturated carbocycles. The maximum Gasteiger partial charge on any atom is 0.248 e. The average Bonchev–Trinajstić information content (AvgIpc) is 2.87. The van der Waals surface area contributed by atoms with Crippen molar-refractivity contribution in [3.05, 3.63) is 70.9 Å². The van der Waals surface area contributed by atoms with Crippen LogP contribution >= 0.6 is 0 Å². The Morgan fingerprint density at radius 3 is 2.49 bits per heavy atom.